The van der Waals surface area contributed by atoms with Gasteiger partial charge in [0.05, 0.1) is 17.0 Å². The summed E-state index contributed by atoms with van der Waals surface area (Å²) in [5.74, 6) is 1.61. The molecule has 0 fully saturated rings. The van der Waals surface area contributed by atoms with E-state index < -0.39 is 11.7 Å². The van der Waals surface area contributed by atoms with Crippen LogP contribution in [0.3, 0.4) is 0 Å². The summed E-state index contributed by atoms with van der Waals surface area (Å²) in [5, 5.41) is 9.72. The Bertz CT molecular complexity index is 1100. The minimum absolute atomic E-state index is 0.106. The monoisotopic (exact) mass is 536 g/mol. The third-order valence-corrected chi connectivity index (χ3v) is 5.67. The number of nitrogens with one attached hydrogen (secondary N) is 3. The second-order valence-corrected chi connectivity index (χ2v) is 9.13. The molecule has 1 aromatic heterocycles. The smallest absolute Gasteiger partial charge is 0.385 e. The quantitative estimate of drug-likeness (QED) is 0.111. The van der Waals surface area contributed by atoms with E-state index in [0.717, 1.165) is 47.7 Å². The molecule has 0 saturated carbocycles. The molecule has 1 heterocycles. The highest BCUT2D eigenvalue weighted by atomic mass is 35.5. The molecule has 0 aliphatic carbocycles. The first kappa shape index (κ1) is 30.2. The summed E-state index contributed by atoms with van der Waals surface area (Å²) in [4.78, 5) is 13.3. The molecule has 0 bridgehead atoms. The highest BCUT2D eigenvalue weighted by molar-refractivity contribution is 6.28. The van der Waals surface area contributed by atoms with Crippen LogP contribution in [0.5, 0.6) is 0 Å². The summed E-state index contributed by atoms with van der Waals surface area (Å²) in [6.45, 7) is 10.9. The number of nitrogens with zero attached hydrogens (tertiary/aromatic N) is 3. The van der Waals surface area contributed by atoms with E-state index in [1.54, 1.807) is 12.1 Å². The molecule has 1 aromatic carbocycles. The molecule has 0 saturated heterocycles. The molecule has 0 aliphatic rings. The summed E-state index contributed by atoms with van der Waals surface area (Å²) >= 11 is 6.19. The number of aryl methyl sites for hydroxylation is 1. The Labute approximate surface area is 222 Å². The van der Waals surface area contributed by atoms with Crippen molar-refractivity contribution >= 4 is 23.6 Å². The average molecular weight is 537 g/mol. The fourth-order valence-electron chi connectivity index (χ4n) is 3.64. The van der Waals surface area contributed by atoms with Gasteiger partial charge in [-0.1, -0.05) is 39.5 Å². The fraction of sp³-hybridized carbons (Fsp3) is 0.444. The second-order valence-electron chi connectivity index (χ2n) is 8.79. The van der Waals surface area contributed by atoms with Crippen LogP contribution in [0.25, 0.3) is 0 Å². The average Bonchev–Trinajstić information content (AvgIpc) is 2.85. The Kier molecular flexibility index (Phi) is 11.9. The number of benzene rings is 1. The van der Waals surface area contributed by atoms with Gasteiger partial charge in [0.1, 0.15) is 11.6 Å². The van der Waals surface area contributed by atoms with Crippen LogP contribution >= 0.6 is 11.6 Å². The zero-order valence-electron chi connectivity index (χ0n) is 21.8. The van der Waals surface area contributed by atoms with Crippen LogP contribution in [0.15, 0.2) is 53.4 Å². The van der Waals surface area contributed by atoms with Crippen LogP contribution in [0.2, 0.25) is 5.28 Å². The molecule has 202 valence electrons. The minimum atomic E-state index is -4.39. The van der Waals surface area contributed by atoms with E-state index in [2.05, 4.69) is 51.3 Å². The second kappa shape index (κ2) is 14.6. The van der Waals surface area contributed by atoms with Crippen molar-refractivity contribution in [2.24, 2.45) is 10.9 Å². The van der Waals surface area contributed by atoms with E-state index in [0.29, 0.717) is 36.7 Å². The van der Waals surface area contributed by atoms with Gasteiger partial charge in [-0.15, -0.1) is 0 Å². The number of allylic oxidation sites excluding steroid dienone is 1. The number of aliphatic imine (C=N–C) groups is 1. The molecule has 2 aromatic rings. The van der Waals surface area contributed by atoms with E-state index in [4.69, 9.17) is 11.6 Å². The summed E-state index contributed by atoms with van der Waals surface area (Å²) in [6, 6.07) is 5.23. The number of rotatable bonds is 14. The van der Waals surface area contributed by atoms with Crippen LogP contribution in [0.1, 0.15) is 56.0 Å². The van der Waals surface area contributed by atoms with Gasteiger partial charge in [-0.3, -0.25) is 0 Å². The van der Waals surface area contributed by atoms with Crippen molar-refractivity contribution in [2.45, 2.75) is 59.2 Å². The van der Waals surface area contributed by atoms with Gasteiger partial charge >= 0.3 is 6.18 Å². The SMILES string of the molecule is C=C/C(NC)=C(\N=C/C(C)C)NCCCCc1nc(Cl)nc(NCc2cccc(C(F)(F)F)c2)c1CC. The molecule has 10 heteroatoms. The highest BCUT2D eigenvalue weighted by Crippen LogP contribution is 2.30. The number of halogens is 4. The lowest BCUT2D eigenvalue weighted by molar-refractivity contribution is -0.137. The van der Waals surface area contributed by atoms with Gasteiger partial charge in [-0.25, -0.2) is 15.0 Å². The Morgan fingerprint density at radius 3 is 2.59 bits per heavy atom. The van der Waals surface area contributed by atoms with Crippen LogP contribution < -0.4 is 16.0 Å². The van der Waals surface area contributed by atoms with Crippen molar-refractivity contribution in [2.75, 3.05) is 18.9 Å². The van der Waals surface area contributed by atoms with Gasteiger partial charge in [0, 0.05) is 31.9 Å². The number of unbranched alkanes of at least 4 members (excludes halogenated alkanes) is 1. The van der Waals surface area contributed by atoms with Crippen molar-refractivity contribution < 1.29 is 13.2 Å². The molecule has 0 amide bonds. The van der Waals surface area contributed by atoms with Gasteiger partial charge in [-0.05, 0) is 67.0 Å². The molecule has 0 radical (unpaired) electrons. The molecular weight excluding hydrogens is 501 g/mol. The number of hydrogen-bond acceptors (Lipinski definition) is 6. The van der Waals surface area contributed by atoms with Gasteiger partial charge in [0.25, 0.3) is 0 Å². The van der Waals surface area contributed by atoms with E-state index in [1.165, 1.54) is 6.07 Å². The molecular formula is C27H36ClF3N6. The maximum absolute atomic E-state index is 13.0. The van der Waals surface area contributed by atoms with E-state index >= 15 is 0 Å². The zero-order chi connectivity index (χ0) is 27.4. The number of likely N-dealkylation sites (N-methyl/N-ethyl adjacent to an activating group) is 1. The standard InChI is InChI=1S/C27H36ClF3N6/c1-6-21-23(13-8-9-14-33-25(22(7-2)32-5)34-16-18(3)4)36-26(28)37-24(21)35-17-19-11-10-12-20(15-19)27(29,30)31/h7,10-12,15-16,18,32-33H,2,6,8-9,13-14,17H2,1,3-5H3,(H,35,36,37)/b25-22+,34-16-. The van der Waals surface area contributed by atoms with Crippen LogP contribution in [-0.2, 0) is 25.6 Å². The van der Waals surface area contributed by atoms with Gasteiger partial charge in [0.15, 0.2) is 0 Å². The van der Waals surface area contributed by atoms with E-state index in [-0.39, 0.29) is 11.8 Å². The molecule has 0 spiro atoms. The van der Waals surface area contributed by atoms with Gasteiger partial charge in [-0.2, -0.15) is 13.2 Å². The lowest BCUT2D eigenvalue weighted by Gasteiger charge is -2.15. The van der Waals surface area contributed by atoms with Crippen LogP contribution in [-0.4, -0.2) is 29.8 Å². The number of hydrogen-bond donors (Lipinski definition) is 3. The summed E-state index contributed by atoms with van der Waals surface area (Å²) in [6.07, 6.45) is 2.30. The molecule has 0 atom stereocenters. The molecule has 0 unspecified atom stereocenters. The van der Waals surface area contributed by atoms with Crippen molar-refractivity contribution in [3.8, 4) is 0 Å². The van der Waals surface area contributed by atoms with E-state index in [9.17, 15) is 13.2 Å². The van der Waals surface area contributed by atoms with Crippen molar-refractivity contribution in [1.29, 1.82) is 0 Å². The lowest BCUT2D eigenvalue weighted by Crippen LogP contribution is -2.20. The molecule has 6 nitrogen and oxygen atoms in total. The Morgan fingerprint density at radius 2 is 1.97 bits per heavy atom. The minimum Gasteiger partial charge on any atom is -0.385 e. The first-order chi connectivity index (χ1) is 17.6. The van der Waals surface area contributed by atoms with Crippen molar-refractivity contribution in [3.05, 3.63) is 76.1 Å². The summed E-state index contributed by atoms with van der Waals surface area (Å²) in [7, 11) is 1.83. The third-order valence-electron chi connectivity index (χ3n) is 5.50. The van der Waals surface area contributed by atoms with Gasteiger partial charge in [0.2, 0.25) is 5.28 Å². The number of aromatic nitrogens is 2. The van der Waals surface area contributed by atoms with Crippen molar-refractivity contribution in [1.82, 2.24) is 20.6 Å². The number of alkyl halides is 3. The zero-order valence-corrected chi connectivity index (χ0v) is 22.6. The maximum Gasteiger partial charge on any atom is 0.416 e. The molecule has 2 rings (SSSR count). The first-order valence-corrected chi connectivity index (χ1v) is 12.7. The molecule has 37 heavy (non-hydrogen) atoms. The Balaban J connectivity index is 2.04. The summed E-state index contributed by atoms with van der Waals surface area (Å²) in [5.41, 5.74) is 2.40. The normalized spacial score (nSPS) is 12.6. The molecule has 3 N–H and O–H groups in total. The highest BCUT2D eigenvalue weighted by Gasteiger charge is 2.30. The van der Waals surface area contributed by atoms with Crippen LogP contribution in [0, 0.1) is 5.92 Å². The number of anilines is 1. The Hall–Kier alpha value is -3.07. The predicted molar refractivity (Wildman–Crippen MR) is 146 cm³/mol. The first-order valence-electron chi connectivity index (χ1n) is 12.4. The van der Waals surface area contributed by atoms with Crippen molar-refractivity contribution in [3.63, 3.8) is 0 Å². The third kappa shape index (κ3) is 9.72. The Morgan fingerprint density at radius 1 is 1.22 bits per heavy atom. The topological polar surface area (TPSA) is 74.2 Å². The lowest BCUT2D eigenvalue weighted by atomic mass is 10.1. The fourth-order valence-corrected chi connectivity index (χ4v) is 3.83. The molecule has 0 aliphatic heterocycles. The summed E-state index contributed by atoms with van der Waals surface area (Å²) < 4.78 is 39.1. The largest absolute Gasteiger partial charge is 0.416 e. The van der Waals surface area contributed by atoms with Gasteiger partial charge < -0.3 is 16.0 Å². The predicted octanol–water partition coefficient (Wildman–Crippen LogP) is 6.54. The van der Waals surface area contributed by atoms with Crippen LogP contribution in [0.4, 0.5) is 19.0 Å². The van der Waals surface area contributed by atoms with E-state index in [1.807, 2.05) is 20.2 Å². The maximum atomic E-state index is 13.0.